The molecule has 2 aliphatic rings. The summed E-state index contributed by atoms with van der Waals surface area (Å²) in [6.45, 7) is 0.961. The lowest BCUT2D eigenvalue weighted by molar-refractivity contribution is -0.142. The summed E-state index contributed by atoms with van der Waals surface area (Å²) in [5.74, 6) is 1.34. The van der Waals surface area contributed by atoms with Crippen LogP contribution < -0.4 is 5.32 Å². The van der Waals surface area contributed by atoms with Gasteiger partial charge in [0, 0.05) is 12.1 Å². The van der Waals surface area contributed by atoms with Gasteiger partial charge in [-0.1, -0.05) is 0 Å². The second kappa shape index (κ2) is 4.94. The Labute approximate surface area is 113 Å². The Morgan fingerprint density at radius 1 is 1.26 bits per heavy atom. The van der Waals surface area contributed by atoms with Gasteiger partial charge in [-0.25, -0.2) is 9.97 Å². The summed E-state index contributed by atoms with van der Waals surface area (Å²) >= 11 is 1.65. The van der Waals surface area contributed by atoms with Crippen LogP contribution in [0.25, 0.3) is 0 Å². The largest absolute Gasteiger partial charge is 0.433 e. The van der Waals surface area contributed by atoms with E-state index in [1.165, 1.54) is 0 Å². The molecule has 1 N–H and O–H groups in total. The van der Waals surface area contributed by atoms with Crippen molar-refractivity contribution in [1.29, 1.82) is 0 Å². The number of nitrogens with one attached hydrogen (secondary N) is 1. The van der Waals surface area contributed by atoms with E-state index in [1.807, 2.05) is 0 Å². The van der Waals surface area contributed by atoms with E-state index < -0.39 is 11.9 Å². The molecule has 0 aliphatic carbocycles. The smallest absolute Gasteiger partial charge is 0.311 e. The summed E-state index contributed by atoms with van der Waals surface area (Å²) in [5.41, 5.74) is 0.0792. The summed E-state index contributed by atoms with van der Waals surface area (Å²) in [4.78, 5) is 8.23. The van der Waals surface area contributed by atoms with E-state index >= 15 is 0 Å². The van der Waals surface area contributed by atoms with Gasteiger partial charge in [-0.05, 0) is 31.6 Å². The van der Waals surface area contributed by atoms with Crippen molar-refractivity contribution in [2.45, 2.75) is 37.2 Å². The van der Waals surface area contributed by atoms with Crippen LogP contribution in [-0.4, -0.2) is 22.3 Å². The minimum Gasteiger partial charge on any atom is -0.311 e. The summed E-state index contributed by atoms with van der Waals surface area (Å²) in [7, 11) is 0. The Balaban J connectivity index is 2.07. The lowest BCUT2D eigenvalue weighted by Gasteiger charge is -2.22. The van der Waals surface area contributed by atoms with Crippen molar-refractivity contribution in [2.75, 3.05) is 12.3 Å². The number of nitrogens with zero attached hydrogens (tertiary/aromatic N) is 2. The molecule has 3 nitrogen and oxygen atoms in total. The highest BCUT2D eigenvalue weighted by Gasteiger charge is 2.38. The standard InChI is InChI=1S/C12H14F3N3S/c13-12(14,15)10-7-3-4-16-6-8(7)17-11(18-10)9-2-1-5-19-9/h9,16H,1-6H2. The van der Waals surface area contributed by atoms with Gasteiger partial charge in [0.25, 0.3) is 0 Å². The molecule has 2 aliphatic heterocycles. The average molecular weight is 289 g/mol. The third kappa shape index (κ3) is 2.58. The zero-order chi connectivity index (χ0) is 13.5. The Morgan fingerprint density at radius 3 is 2.79 bits per heavy atom. The summed E-state index contributed by atoms with van der Waals surface area (Å²) in [6, 6.07) is 0. The molecule has 104 valence electrons. The van der Waals surface area contributed by atoms with Gasteiger partial charge < -0.3 is 5.32 Å². The molecule has 1 aromatic rings. The molecular formula is C12H14F3N3S. The van der Waals surface area contributed by atoms with Crippen molar-refractivity contribution in [2.24, 2.45) is 0 Å². The predicted octanol–water partition coefficient (Wildman–Crippen LogP) is 2.71. The number of thioether (sulfide) groups is 1. The molecule has 3 heterocycles. The summed E-state index contributed by atoms with van der Waals surface area (Å²) in [5, 5.41) is 3.09. The minimum atomic E-state index is -4.39. The van der Waals surface area contributed by atoms with Crippen molar-refractivity contribution in [3.8, 4) is 0 Å². The second-order valence-corrected chi connectivity index (χ2v) is 6.09. The second-order valence-electron chi connectivity index (χ2n) is 4.78. The SMILES string of the molecule is FC(F)(F)c1nc(C2CCCS2)nc2c1CCNC2. The monoisotopic (exact) mass is 289 g/mol. The summed E-state index contributed by atoms with van der Waals surface area (Å²) in [6.07, 6.45) is -2.14. The van der Waals surface area contributed by atoms with E-state index in [-0.39, 0.29) is 10.8 Å². The molecule has 1 fully saturated rings. The van der Waals surface area contributed by atoms with Gasteiger partial charge in [0.05, 0.1) is 10.9 Å². The molecule has 1 saturated heterocycles. The fourth-order valence-electron chi connectivity index (χ4n) is 2.54. The Kier molecular flexibility index (Phi) is 3.42. The maximum absolute atomic E-state index is 13.1. The highest BCUT2D eigenvalue weighted by atomic mass is 32.2. The quantitative estimate of drug-likeness (QED) is 0.862. The molecular weight excluding hydrogens is 275 g/mol. The molecule has 0 amide bonds. The summed E-state index contributed by atoms with van der Waals surface area (Å²) < 4.78 is 39.4. The first-order chi connectivity index (χ1) is 9.05. The molecule has 0 bridgehead atoms. The van der Waals surface area contributed by atoms with Crippen LogP contribution in [0.2, 0.25) is 0 Å². The number of rotatable bonds is 1. The van der Waals surface area contributed by atoms with Gasteiger partial charge in [-0.3, -0.25) is 0 Å². The van der Waals surface area contributed by atoms with Crippen molar-refractivity contribution in [3.63, 3.8) is 0 Å². The van der Waals surface area contributed by atoms with Crippen LogP contribution in [0.3, 0.4) is 0 Å². The van der Waals surface area contributed by atoms with Gasteiger partial charge in [-0.15, -0.1) is 0 Å². The van der Waals surface area contributed by atoms with Crippen LogP contribution in [0.4, 0.5) is 13.2 Å². The van der Waals surface area contributed by atoms with E-state index in [9.17, 15) is 13.2 Å². The first kappa shape index (κ1) is 13.2. The average Bonchev–Trinajstić information content (AvgIpc) is 2.90. The molecule has 0 saturated carbocycles. The van der Waals surface area contributed by atoms with Gasteiger partial charge >= 0.3 is 6.18 Å². The van der Waals surface area contributed by atoms with E-state index in [0.29, 0.717) is 31.0 Å². The Bertz CT molecular complexity index is 484. The molecule has 0 radical (unpaired) electrons. The fourth-order valence-corrected chi connectivity index (χ4v) is 3.74. The van der Waals surface area contributed by atoms with Gasteiger partial charge in [0.1, 0.15) is 5.82 Å². The van der Waals surface area contributed by atoms with E-state index in [0.717, 1.165) is 18.6 Å². The van der Waals surface area contributed by atoms with Crippen molar-refractivity contribution in [1.82, 2.24) is 15.3 Å². The van der Waals surface area contributed by atoms with Crippen molar-refractivity contribution < 1.29 is 13.2 Å². The number of alkyl halides is 3. The molecule has 3 rings (SSSR count). The normalized spacial score (nSPS) is 23.4. The van der Waals surface area contributed by atoms with E-state index in [1.54, 1.807) is 11.8 Å². The van der Waals surface area contributed by atoms with Gasteiger partial charge in [-0.2, -0.15) is 24.9 Å². The highest BCUT2D eigenvalue weighted by Crippen LogP contribution is 2.40. The van der Waals surface area contributed by atoms with Crippen LogP contribution in [0.1, 0.15) is 40.9 Å². The topological polar surface area (TPSA) is 37.8 Å². The van der Waals surface area contributed by atoms with Crippen molar-refractivity contribution >= 4 is 11.8 Å². The predicted molar refractivity (Wildman–Crippen MR) is 66.9 cm³/mol. The Morgan fingerprint density at radius 2 is 2.11 bits per heavy atom. The zero-order valence-electron chi connectivity index (χ0n) is 10.3. The van der Waals surface area contributed by atoms with Gasteiger partial charge in [0.15, 0.2) is 5.69 Å². The van der Waals surface area contributed by atoms with Gasteiger partial charge in [0.2, 0.25) is 0 Å². The first-order valence-electron chi connectivity index (χ1n) is 6.35. The van der Waals surface area contributed by atoms with Crippen LogP contribution in [0, 0.1) is 0 Å². The number of hydrogen-bond donors (Lipinski definition) is 1. The van der Waals surface area contributed by atoms with Crippen LogP contribution in [-0.2, 0) is 19.1 Å². The highest BCUT2D eigenvalue weighted by molar-refractivity contribution is 7.99. The Hall–Kier alpha value is -0.820. The van der Waals surface area contributed by atoms with E-state index in [4.69, 9.17) is 0 Å². The molecule has 7 heteroatoms. The van der Waals surface area contributed by atoms with E-state index in [2.05, 4.69) is 15.3 Å². The number of hydrogen-bond acceptors (Lipinski definition) is 4. The molecule has 0 aromatic carbocycles. The lowest BCUT2D eigenvalue weighted by Crippen LogP contribution is -2.29. The molecule has 1 aromatic heterocycles. The number of aromatic nitrogens is 2. The first-order valence-corrected chi connectivity index (χ1v) is 7.40. The molecule has 19 heavy (non-hydrogen) atoms. The van der Waals surface area contributed by atoms with Crippen molar-refractivity contribution in [3.05, 3.63) is 22.8 Å². The number of halogens is 3. The van der Waals surface area contributed by atoms with Crippen LogP contribution in [0.5, 0.6) is 0 Å². The molecule has 1 atom stereocenters. The maximum atomic E-state index is 13.1. The number of fused-ring (bicyclic) bond motifs is 1. The zero-order valence-corrected chi connectivity index (χ0v) is 11.1. The fraction of sp³-hybridized carbons (Fsp3) is 0.667. The lowest BCUT2D eigenvalue weighted by atomic mass is 10.0. The van der Waals surface area contributed by atoms with Crippen LogP contribution in [0.15, 0.2) is 0 Å². The van der Waals surface area contributed by atoms with Crippen LogP contribution >= 0.6 is 11.8 Å². The minimum absolute atomic E-state index is 0.0216. The molecule has 0 spiro atoms. The maximum Gasteiger partial charge on any atom is 0.433 e. The molecule has 1 unspecified atom stereocenters. The third-order valence-electron chi connectivity index (χ3n) is 3.44. The third-order valence-corrected chi connectivity index (χ3v) is 4.81.